The molecule has 0 fully saturated rings. The van der Waals surface area contributed by atoms with Crippen LogP contribution < -0.4 is 5.32 Å². The van der Waals surface area contributed by atoms with Gasteiger partial charge in [0.05, 0.1) is 22.1 Å². The number of aliphatic hydroxyl groups excluding tert-OH is 1. The van der Waals surface area contributed by atoms with Gasteiger partial charge in [-0.15, -0.1) is 0 Å². The number of alkyl halides is 3. The normalized spacial score (nSPS) is 15.1. The number of halogens is 3. The number of aliphatic hydroxyl groups is 1. The van der Waals surface area contributed by atoms with Crippen molar-refractivity contribution >= 4 is 16.0 Å². The van der Waals surface area contributed by atoms with Crippen LogP contribution in [0.15, 0.2) is 71.6 Å². The molecule has 7 nitrogen and oxygen atoms in total. The highest BCUT2D eigenvalue weighted by atomic mass is 32.2. The smallest absolute Gasteiger partial charge is 0.416 e. The first kappa shape index (κ1) is 31.7. The van der Waals surface area contributed by atoms with E-state index in [4.69, 9.17) is 0 Å². The lowest BCUT2D eigenvalue weighted by Crippen LogP contribution is -2.47. The summed E-state index contributed by atoms with van der Waals surface area (Å²) in [5, 5.41) is 23.3. The third-order valence-corrected chi connectivity index (χ3v) is 9.40. The number of carboxylic acids is 1. The van der Waals surface area contributed by atoms with Gasteiger partial charge in [0.2, 0.25) is 10.0 Å². The lowest BCUT2D eigenvalue weighted by atomic mass is 9.88. The summed E-state index contributed by atoms with van der Waals surface area (Å²) in [5.74, 6) is -0.827. The summed E-state index contributed by atoms with van der Waals surface area (Å²) in [6.45, 7) is 3.78. The van der Waals surface area contributed by atoms with Crippen LogP contribution in [0.3, 0.4) is 0 Å². The SMILES string of the molecule is CN(C[C@H](O)CNC(C)(C)CC1Cc2ccccc2C1)S(=O)(=O)c1cc(-c2cccc(C(=O)O)c2)cc(C(F)(F)F)c1. The number of rotatable bonds is 11. The zero-order valence-electron chi connectivity index (χ0n) is 23.6. The van der Waals surface area contributed by atoms with Gasteiger partial charge in [-0.3, -0.25) is 0 Å². The third kappa shape index (κ3) is 7.57. The zero-order valence-corrected chi connectivity index (χ0v) is 24.5. The Bertz CT molecular complexity index is 1530. The molecule has 0 spiro atoms. The van der Waals surface area contributed by atoms with Crippen LogP contribution in [-0.2, 0) is 29.0 Å². The Hall–Kier alpha value is -3.25. The monoisotopic (exact) mass is 604 g/mol. The lowest BCUT2D eigenvalue weighted by molar-refractivity contribution is -0.137. The maximum atomic E-state index is 13.8. The molecule has 42 heavy (non-hydrogen) atoms. The van der Waals surface area contributed by atoms with Gasteiger partial charge in [0.15, 0.2) is 0 Å². The van der Waals surface area contributed by atoms with Crippen molar-refractivity contribution in [2.45, 2.75) is 55.8 Å². The van der Waals surface area contributed by atoms with Crippen LogP contribution in [0.4, 0.5) is 13.2 Å². The number of aromatic carboxylic acids is 1. The summed E-state index contributed by atoms with van der Waals surface area (Å²) >= 11 is 0. The molecule has 1 atom stereocenters. The summed E-state index contributed by atoms with van der Waals surface area (Å²) in [5.41, 5.74) is 1.03. The molecular formula is C31H35F3N2O5S. The molecule has 3 N–H and O–H groups in total. The van der Waals surface area contributed by atoms with Crippen molar-refractivity contribution in [3.63, 3.8) is 0 Å². The largest absolute Gasteiger partial charge is 0.478 e. The fraction of sp³-hybridized carbons (Fsp3) is 0.387. The molecule has 0 aliphatic heterocycles. The standard InChI is InChI=1S/C31H35F3N2O5S/c1-30(2,17-20-11-21-7-4-5-8-22(21)12-20)35-18-27(37)19-36(3)42(40,41)28-15-25(14-26(16-28)31(32,33)34)23-9-6-10-24(13-23)29(38)39/h4-10,13-16,20,27,35,37H,11-12,17-19H2,1-3H3,(H,38,39)/t27-/m1/s1. The molecule has 226 valence electrons. The summed E-state index contributed by atoms with van der Waals surface area (Å²) in [7, 11) is -3.25. The fourth-order valence-electron chi connectivity index (χ4n) is 5.53. The molecule has 0 bridgehead atoms. The summed E-state index contributed by atoms with van der Waals surface area (Å²) in [6, 6.07) is 16.0. The Balaban J connectivity index is 1.46. The van der Waals surface area contributed by atoms with Gasteiger partial charge in [-0.25, -0.2) is 13.2 Å². The second-order valence-corrected chi connectivity index (χ2v) is 13.6. The van der Waals surface area contributed by atoms with Crippen LogP contribution in [0.2, 0.25) is 0 Å². The topological polar surface area (TPSA) is 107 Å². The first-order valence-electron chi connectivity index (χ1n) is 13.6. The Morgan fingerprint density at radius 3 is 2.24 bits per heavy atom. The van der Waals surface area contributed by atoms with Crippen molar-refractivity contribution in [3.05, 3.63) is 89.0 Å². The summed E-state index contributed by atoms with van der Waals surface area (Å²) in [4.78, 5) is 10.8. The van der Waals surface area contributed by atoms with E-state index in [1.807, 2.05) is 26.0 Å². The maximum absolute atomic E-state index is 13.8. The van der Waals surface area contributed by atoms with Gasteiger partial charge in [-0.2, -0.15) is 17.5 Å². The zero-order chi connectivity index (χ0) is 30.9. The number of carbonyl (C=O) groups is 1. The number of likely N-dealkylation sites (N-methyl/N-ethyl adjacent to an activating group) is 1. The molecule has 0 radical (unpaired) electrons. The first-order valence-corrected chi connectivity index (χ1v) is 15.0. The molecule has 1 aliphatic carbocycles. The molecule has 0 aromatic heterocycles. The molecule has 3 aromatic rings. The fourth-order valence-corrected chi connectivity index (χ4v) is 6.81. The highest BCUT2D eigenvalue weighted by Gasteiger charge is 2.34. The summed E-state index contributed by atoms with van der Waals surface area (Å²) < 4.78 is 68.8. The van der Waals surface area contributed by atoms with Crippen molar-refractivity contribution < 1.29 is 36.6 Å². The van der Waals surface area contributed by atoms with Gasteiger partial charge in [-0.1, -0.05) is 36.4 Å². The maximum Gasteiger partial charge on any atom is 0.416 e. The van der Waals surface area contributed by atoms with E-state index in [2.05, 4.69) is 17.4 Å². The average Bonchev–Trinajstić information content (AvgIpc) is 3.32. The molecule has 0 saturated carbocycles. The minimum atomic E-state index is -4.85. The average molecular weight is 605 g/mol. The second kappa shape index (κ2) is 12.2. The Labute approximate surface area is 244 Å². The van der Waals surface area contributed by atoms with E-state index in [0.717, 1.165) is 35.7 Å². The lowest BCUT2D eigenvalue weighted by Gasteiger charge is -2.31. The van der Waals surface area contributed by atoms with Gasteiger partial charge < -0.3 is 15.5 Å². The molecule has 0 saturated heterocycles. The molecule has 1 aliphatic rings. The van der Waals surface area contributed by atoms with Gasteiger partial charge in [0.1, 0.15) is 0 Å². The number of fused-ring (bicyclic) bond motifs is 1. The number of sulfonamides is 1. The predicted octanol–water partition coefficient (Wildman–Crippen LogP) is 5.23. The molecular weight excluding hydrogens is 569 g/mol. The second-order valence-electron chi connectivity index (χ2n) is 11.6. The van der Waals surface area contributed by atoms with Crippen LogP contribution in [0.1, 0.15) is 47.3 Å². The first-order chi connectivity index (χ1) is 19.5. The van der Waals surface area contributed by atoms with Gasteiger partial charge in [0.25, 0.3) is 0 Å². The van der Waals surface area contributed by atoms with Crippen LogP contribution in [0.25, 0.3) is 11.1 Å². The quantitative estimate of drug-likeness (QED) is 0.277. The van der Waals surface area contributed by atoms with Crippen LogP contribution in [0, 0.1) is 5.92 Å². The highest BCUT2D eigenvalue weighted by Crippen LogP contribution is 2.36. The van der Waals surface area contributed by atoms with E-state index in [1.165, 1.54) is 42.4 Å². The molecule has 0 heterocycles. The highest BCUT2D eigenvalue weighted by molar-refractivity contribution is 7.89. The number of nitrogens with zero attached hydrogens (tertiary/aromatic N) is 1. The number of hydrogen-bond donors (Lipinski definition) is 3. The third-order valence-electron chi connectivity index (χ3n) is 7.60. The predicted molar refractivity (Wildman–Crippen MR) is 154 cm³/mol. The van der Waals surface area contributed by atoms with Crippen molar-refractivity contribution in [1.82, 2.24) is 9.62 Å². The summed E-state index contributed by atoms with van der Waals surface area (Å²) in [6.07, 6.45) is -3.17. The number of benzene rings is 3. The van der Waals surface area contributed by atoms with Gasteiger partial charge >= 0.3 is 12.1 Å². The number of β-amino-alcohol motifs (C(OH)–C–C–N with tert-alkyl or cyclic N) is 1. The van der Waals surface area contributed by atoms with Crippen molar-refractivity contribution in [2.24, 2.45) is 5.92 Å². The van der Waals surface area contributed by atoms with Gasteiger partial charge in [-0.05, 0) is 91.6 Å². The molecule has 4 rings (SSSR count). The Morgan fingerprint density at radius 1 is 1.00 bits per heavy atom. The Morgan fingerprint density at radius 2 is 1.64 bits per heavy atom. The molecule has 0 amide bonds. The van der Waals surface area contributed by atoms with Crippen molar-refractivity contribution in [1.29, 1.82) is 0 Å². The van der Waals surface area contributed by atoms with Gasteiger partial charge in [0, 0.05) is 25.7 Å². The Kier molecular flexibility index (Phi) is 9.17. The number of hydrogen-bond acceptors (Lipinski definition) is 5. The number of nitrogens with one attached hydrogen (secondary N) is 1. The van der Waals surface area contributed by atoms with E-state index >= 15 is 0 Å². The van der Waals surface area contributed by atoms with Crippen molar-refractivity contribution in [2.75, 3.05) is 20.1 Å². The van der Waals surface area contributed by atoms with Crippen molar-refractivity contribution in [3.8, 4) is 11.1 Å². The van der Waals surface area contributed by atoms with E-state index < -0.39 is 38.7 Å². The molecule has 3 aromatic carbocycles. The van der Waals surface area contributed by atoms with E-state index in [9.17, 15) is 36.6 Å². The van der Waals surface area contributed by atoms with Crippen LogP contribution in [-0.4, -0.2) is 60.7 Å². The minimum absolute atomic E-state index is 0.0857. The molecule has 0 unspecified atom stereocenters. The van der Waals surface area contributed by atoms with E-state index in [1.54, 1.807) is 0 Å². The van der Waals surface area contributed by atoms with E-state index in [0.29, 0.717) is 12.0 Å². The minimum Gasteiger partial charge on any atom is -0.478 e. The molecule has 11 heteroatoms. The van der Waals surface area contributed by atoms with E-state index in [-0.39, 0.29) is 35.3 Å². The number of carboxylic acid groups (broad SMARTS) is 1. The van der Waals surface area contributed by atoms with Crippen LogP contribution in [0.5, 0.6) is 0 Å². The van der Waals surface area contributed by atoms with Crippen LogP contribution >= 0.6 is 0 Å².